The predicted molar refractivity (Wildman–Crippen MR) is 106 cm³/mol. The van der Waals surface area contributed by atoms with Crippen LogP contribution in [0.15, 0.2) is 82.5 Å². The van der Waals surface area contributed by atoms with Crippen molar-refractivity contribution in [3.63, 3.8) is 0 Å². The number of rotatable bonds is 4. The second-order valence-electron chi connectivity index (χ2n) is 5.77. The molecule has 2 heterocycles. The van der Waals surface area contributed by atoms with E-state index >= 15 is 0 Å². The third-order valence-electron chi connectivity index (χ3n) is 4.01. The lowest BCUT2D eigenvalue weighted by Crippen LogP contribution is -2.18. The molecule has 0 aliphatic carbocycles. The van der Waals surface area contributed by atoms with E-state index in [1.807, 2.05) is 42.5 Å². The van der Waals surface area contributed by atoms with Crippen molar-refractivity contribution in [2.24, 2.45) is 5.10 Å². The van der Waals surface area contributed by atoms with Crippen LogP contribution in [0.25, 0.3) is 22.4 Å². The second kappa shape index (κ2) is 7.43. The highest BCUT2D eigenvalue weighted by atomic mass is 35.5. The van der Waals surface area contributed by atoms with E-state index in [9.17, 15) is 4.79 Å². The minimum Gasteiger partial charge on any atom is -0.463 e. The van der Waals surface area contributed by atoms with E-state index in [4.69, 9.17) is 16.0 Å². The number of aromatic nitrogens is 1. The van der Waals surface area contributed by atoms with Gasteiger partial charge in [0.25, 0.3) is 5.91 Å². The molecule has 4 rings (SSSR count). The summed E-state index contributed by atoms with van der Waals surface area (Å²) in [6.45, 7) is 0. The molecule has 0 aliphatic rings. The van der Waals surface area contributed by atoms with Crippen molar-refractivity contribution in [2.45, 2.75) is 0 Å². The van der Waals surface area contributed by atoms with Crippen LogP contribution in [0.5, 0.6) is 0 Å². The molecule has 1 amide bonds. The molecule has 0 saturated carbocycles. The Morgan fingerprint density at radius 1 is 1.07 bits per heavy atom. The average molecular weight is 376 g/mol. The average Bonchev–Trinajstić information content (AvgIpc) is 3.23. The maximum Gasteiger partial charge on any atom is 0.272 e. The smallest absolute Gasteiger partial charge is 0.272 e. The van der Waals surface area contributed by atoms with Crippen LogP contribution in [-0.4, -0.2) is 17.1 Å². The van der Waals surface area contributed by atoms with Crippen LogP contribution in [0.1, 0.15) is 15.9 Å². The highest BCUT2D eigenvalue weighted by molar-refractivity contribution is 6.33. The minimum atomic E-state index is -0.343. The second-order valence-corrected chi connectivity index (χ2v) is 6.18. The van der Waals surface area contributed by atoms with Gasteiger partial charge in [0.1, 0.15) is 5.69 Å². The number of nitrogens with one attached hydrogen (secondary N) is 1. The molecule has 0 aliphatic heterocycles. The number of pyridine rings is 1. The molecule has 2 aromatic heterocycles. The molecule has 27 heavy (non-hydrogen) atoms. The normalized spacial score (nSPS) is 11.1. The molecule has 0 unspecified atom stereocenters. The molecule has 0 fully saturated rings. The Morgan fingerprint density at radius 3 is 2.70 bits per heavy atom. The highest BCUT2D eigenvalue weighted by Crippen LogP contribution is 2.25. The van der Waals surface area contributed by atoms with Crippen LogP contribution in [-0.2, 0) is 0 Å². The minimum absolute atomic E-state index is 0.343. The van der Waals surface area contributed by atoms with Crippen molar-refractivity contribution < 1.29 is 9.21 Å². The van der Waals surface area contributed by atoms with Crippen molar-refractivity contribution >= 4 is 34.6 Å². The van der Waals surface area contributed by atoms with Gasteiger partial charge in [-0.25, -0.2) is 10.4 Å². The molecule has 5 nitrogen and oxygen atoms in total. The number of amides is 1. The summed E-state index contributed by atoms with van der Waals surface area (Å²) >= 11 is 6.09. The molecule has 1 N–H and O–H groups in total. The Balaban J connectivity index is 1.67. The van der Waals surface area contributed by atoms with E-state index in [2.05, 4.69) is 15.5 Å². The number of fused-ring (bicyclic) bond motifs is 1. The molecule has 132 valence electrons. The van der Waals surface area contributed by atoms with E-state index < -0.39 is 0 Å². The van der Waals surface area contributed by atoms with Gasteiger partial charge in [-0.3, -0.25) is 4.79 Å². The van der Waals surface area contributed by atoms with Crippen molar-refractivity contribution in [1.82, 2.24) is 10.4 Å². The van der Waals surface area contributed by atoms with Crippen LogP contribution >= 0.6 is 11.6 Å². The number of nitrogens with zero attached hydrogens (tertiary/aromatic N) is 2. The van der Waals surface area contributed by atoms with Crippen LogP contribution in [0.4, 0.5) is 0 Å². The quantitative estimate of drug-likeness (QED) is 0.407. The van der Waals surface area contributed by atoms with E-state index in [1.54, 1.807) is 30.5 Å². The summed E-state index contributed by atoms with van der Waals surface area (Å²) in [6.07, 6.45) is 3.08. The fourth-order valence-corrected chi connectivity index (χ4v) is 2.90. The van der Waals surface area contributed by atoms with Gasteiger partial charge in [-0.15, -0.1) is 0 Å². The number of furan rings is 1. The summed E-state index contributed by atoms with van der Waals surface area (Å²) in [5.41, 5.74) is 5.02. The summed E-state index contributed by atoms with van der Waals surface area (Å²) in [5, 5.41) is 5.32. The van der Waals surface area contributed by atoms with E-state index in [1.165, 1.54) is 6.21 Å². The zero-order valence-electron chi connectivity index (χ0n) is 14.1. The van der Waals surface area contributed by atoms with E-state index in [0.717, 1.165) is 10.9 Å². The first-order chi connectivity index (χ1) is 13.2. The fourth-order valence-electron chi connectivity index (χ4n) is 2.71. The largest absolute Gasteiger partial charge is 0.463 e. The number of carbonyl (C=O) groups is 1. The number of para-hydroxylation sites is 1. The predicted octanol–water partition coefficient (Wildman–Crippen LogP) is 4.91. The maximum absolute atomic E-state index is 12.7. The Bertz CT molecular complexity index is 1140. The fraction of sp³-hybridized carbons (Fsp3) is 0. The Labute approximate surface area is 160 Å². The summed E-state index contributed by atoms with van der Waals surface area (Å²) in [5.74, 6) is 0.249. The van der Waals surface area contributed by atoms with Crippen LogP contribution in [0, 0.1) is 0 Å². The van der Waals surface area contributed by atoms with Crippen molar-refractivity contribution in [3.8, 4) is 11.5 Å². The zero-order valence-corrected chi connectivity index (χ0v) is 14.9. The number of halogens is 1. The zero-order chi connectivity index (χ0) is 18.6. The van der Waals surface area contributed by atoms with Gasteiger partial charge in [0.15, 0.2) is 5.76 Å². The van der Waals surface area contributed by atoms with Gasteiger partial charge in [0.05, 0.1) is 23.6 Å². The van der Waals surface area contributed by atoms with Gasteiger partial charge in [0.2, 0.25) is 0 Å². The summed E-state index contributed by atoms with van der Waals surface area (Å²) in [7, 11) is 0. The topological polar surface area (TPSA) is 67.5 Å². The van der Waals surface area contributed by atoms with Crippen molar-refractivity contribution in [1.29, 1.82) is 0 Å². The van der Waals surface area contributed by atoms with E-state index in [0.29, 0.717) is 27.6 Å². The van der Waals surface area contributed by atoms with Gasteiger partial charge < -0.3 is 4.42 Å². The van der Waals surface area contributed by atoms with Crippen LogP contribution in [0.3, 0.4) is 0 Å². The molecule has 2 aromatic carbocycles. The first-order valence-corrected chi connectivity index (χ1v) is 8.62. The summed E-state index contributed by atoms with van der Waals surface area (Å²) in [6, 6.07) is 20.0. The number of carbonyl (C=O) groups excluding carboxylic acids is 1. The molecular formula is C21H14ClN3O2. The first-order valence-electron chi connectivity index (χ1n) is 8.24. The lowest BCUT2D eigenvalue weighted by molar-refractivity contribution is 0.0956. The number of hydrogen-bond donors (Lipinski definition) is 1. The van der Waals surface area contributed by atoms with Gasteiger partial charge in [0, 0.05) is 16.0 Å². The number of hydrazone groups is 1. The lowest BCUT2D eigenvalue weighted by Gasteiger charge is -2.07. The summed E-state index contributed by atoms with van der Waals surface area (Å²) < 4.78 is 5.42. The molecule has 6 heteroatoms. The molecule has 0 atom stereocenters. The molecule has 4 aromatic rings. The van der Waals surface area contributed by atoms with Gasteiger partial charge >= 0.3 is 0 Å². The van der Waals surface area contributed by atoms with Crippen LogP contribution in [0.2, 0.25) is 5.02 Å². The molecule has 0 radical (unpaired) electrons. The molecule has 0 bridgehead atoms. The third kappa shape index (κ3) is 3.59. The molecular weight excluding hydrogens is 362 g/mol. The Hall–Kier alpha value is -3.44. The van der Waals surface area contributed by atoms with Gasteiger partial charge in [-0.05, 0) is 30.3 Å². The highest BCUT2D eigenvalue weighted by Gasteiger charge is 2.14. The molecule has 0 spiro atoms. The Morgan fingerprint density at radius 2 is 1.89 bits per heavy atom. The van der Waals surface area contributed by atoms with Gasteiger partial charge in [-0.2, -0.15) is 5.10 Å². The summed E-state index contributed by atoms with van der Waals surface area (Å²) in [4.78, 5) is 17.3. The Kier molecular flexibility index (Phi) is 4.68. The SMILES string of the molecule is O=C(N/N=C\c1ccccc1Cl)c1cc(-c2ccco2)nc2ccccc12. The monoisotopic (exact) mass is 375 g/mol. The van der Waals surface area contributed by atoms with E-state index in [-0.39, 0.29) is 5.91 Å². The first kappa shape index (κ1) is 17.0. The van der Waals surface area contributed by atoms with Crippen LogP contribution < -0.4 is 5.43 Å². The third-order valence-corrected chi connectivity index (χ3v) is 4.35. The molecule has 0 saturated heterocycles. The maximum atomic E-state index is 12.7. The number of benzene rings is 2. The lowest BCUT2D eigenvalue weighted by atomic mass is 10.1. The van der Waals surface area contributed by atoms with Crippen molar-refractivity contribution in [3.05, 3.63) is 89.1 Å². The number of hydrogen-bond acceptors (Lipinski definition) is 4. The van der Waals surface area contributed by atoms with Gasteiger partial charge in [-0.1, -0.05) is 48.0 Å². The standard InChI is InChI=1S/C21H14ClN3O2/c22-17-8-3-1-6-14(17)13-23-25-21(26)16-12-19(20-10-5-11-27-20)24-18-9-4-2-7-15(16)18/h1-13H,(H,25,26)/b23-13-. The van der Waals surface area contributed by atoms with Crippen molar-refractivity contribution in [2.75, 3.05) is 0 Å².